The maximum absolute atomic E-state index is 11.6. The molecule has 1 saturated carbocycles. The molecule has 0 amide bonds. The van der Waals surface area contributed by atoms with E-state index in [1.165, 1.54) is 12.8 Å². The fourth-order valence-electron chi connectivity index (χ4n) is 2.43. The zero-order valence-electron chi connectivity index (χ0n) is 9.72. The molecule has 2 N–H and O–H groups in total. The summed E-state index contributed by atoms with van der Waals surface area (Å²) in [6.07, 6.45) is 3.06. The van der Waals surface area contributed by atoms with Crippen molar-refractivity contribution in [3.63, 3.8) is 0 Å². The van der Waals surface area contributed by atoms with Gasteiger partial charge in [-0.05, 0) is 18.8 Å². The molecule has 0 atom stereocenters. The first-order chi connectivity index (χ1) is 8.09. The van der Waals surface area contributed by atoms with E-state index >= 15 is 0 Å². The Labute approximate surface area is 101 Å². The van der Waals surface area contributed by atoms with E-state index in [9.17, 15) is 8.42 Å². The predicted octanol–water partition coefficient (Wildman–Crippen LogP) is 0.223. The zero-order chi connectivity index (χ0) is 12.0. The molecule has 0 bridgehead atoms. The molecular formula is C11H17N3O2S. The third-order valence-corrected chi connectivity index (χ3v) is 5.14. The minimum atomic E-state index is -2.94. The highest BCUT2D eigenvalue weighted by molar-refractivity contribution is 7.90. The number of rotatable bonds is 3. The minimum absolute atomic E-state index is 0.125. The molecule has 0 spiro atoms. The topological polar surface area (TPSA) is 78.0 Å². The Balaban J connectivity index is 1.99. The van der Waals surface area contributed by atoms with E-state index < -0.39 is 9.84 Å². The molecule has 17 heavy (non-hydrogen) atoms. The standard InChI is InChI=1S/C11H17N3O2S/c12-5-11-9-7-17(15,16)4-3-10(9)13-14(11)6-8-1-2-8/h8H,1-7,12H2. The lowest BCUT2D eigenvalue weighted by Gasteiger charge is -2.11. The number of nitrogens with two attached hydrogens (primary N) is 1. The van der Waals surface area contributed by atoms with Gasteiger partial charge in [-0.2, -0.15) is 5.10 Å². The first kappa shape index (κ1) is 11.2. The van der Waals surface area contributed by atoms with Gasteiger partial charge in [0.25, 0.3) is 0 Å². The third kappa shape index (κ3) is 2.11. The van der Waals surface area contributed by atoms with Crippen LogP contribution in [0.5, 0.6) is 0 Å². The Morgan fingerprint density at radius 3 is 2.82 bits per heavy atom. The van der Waals surface area contributed by atoms with Crippen molar-refractivity contribution in [2.45, 2.75) is 38.1 Å². The molecule has 0 radical (unpaired) electrons. The molecule has 6 heteroatoms. The van der Waals surface area contributed by atoms with Crippen molar-refractivity contribution >= 4 is 9.84 Å². The average molecular weight is 255 g/mol. The van der Waals surface area contributed by atoms with Gasteiger partial charge in [0.05, 0.1) is 22.9 Å². The van der Waals surface area contributed by atoms with Crippen molar-refractivity contribution in [2.24, 2.45) is 11.7 Å². The lowest BCUT2D eigenvalue weighted by molar-refractivity contribution is 0.535. The van der Waals surface area contributed by atoms with Crippen molar-refractivity contribution < 1.29 is 8.42 Å². The van der Waals surface area contributed by atoms with E-state index in [4.69, 9.17) is 5.73 Å². The van der Waals surface area contributed by atoms with Gasteiger partial charge >= 0.3 is 0 Å². The van der Waals surface area contributed by atoms with Crippen LogP contribution in [0.25, 0.3) is 0 Å². The second kappa shape index (κ2) is 3.81. The third-order valence-electron chi connectivity index (χ3n) is 3.59. The highest BCUT2D eigenvalue weighted by Gasteiger charge is 2.30. The van der Waals surface area contributed by atoms with E-state index in [1.54, 1.807) is 0 Å². The summed E-state index contributed by atoms with van der Waals surface area (Å²) in [6.45, 7) is 1.28. The van der Waals surface area contributed by atoms with Gasteiger partial charge in [0, 0.05) is 25.1 Å². The summed E-state index contributed by atoms with van der Waals surface area (Å²) in [5, 5.41) is 4.54. The molecule has 0 aromatic carbocycles. The number of aryl methyl sites for hydroxylation is 1. The molecule has 1 aliphatic heterocycles. The molecule has 1 aromatic rings. The summed E-state index contributed by atoms with van der Waals surface area (Å²) in [7, 11) is -2.94. The summed E-state index contributed by atoms with van der Waals surface area (Å²) >= 11 is 0. The molecule has 0 saturated heterocycles. The van der Waals surface area contributed by atoms with E-state index in [2.05, 4.69) is 5.10 Å². The van der Waals surface area contributed by atoms with Gasteiger partial charge in [-0.25, -0.2) is 8.42 Å². The Bertz CT molecular complexity index is 543. The number of fused-ring (bicyclic) bond motifs is 1. The molecule has 94 valence electrons. The van der Waals surface area contributed by atoms with Gasteiger partial charge in [0.1, 0.15) is 0 Å². The van der Waals surface area contributed by atoms with E-state index in [-0.39, 0.29) is 11.5 Å². The fraction of sp³-hybridized carbons (Fsp3) is 0.727. The largest absolute Gasteiger partial charge is 0.325 e. The Morgan fingerprint density at radius 2 is 2.18 bits per heavy atom. The van der Waals surface area contributed by atoms with E-state index in [0.29, 0.717) is 13.0 Å². The van der Waals surface area contributed by atoms with E-state index in [0.717, 1.165) is 29.4 Å². The van der Waals surface area contributed by atoms with Gasteiger partial charge in [-0.3, -0.25) is 4.68 Å². The predicted molar refractivity (Wildman–Crippen MR) is 64.0 cm³/mol. The normalized spacial score (nSPS) is 22.4. The van der Waals surface area contributed by atoms with Crippen molar-refractivity contribution in [3.05, 3.63) is 17.0 Å². The number of hydrogen-bond acceptors (Lipinski definition) is 4. The summed E-state index contributed by atoms with van der Waals surface area (Å²) in [6, 6.07) is 0. The summed E-state index contributed by atoms with van der Waals surface area (Å²) < 4.78 is 25.2. The van der Waals surface area contributed by atoms with Crippen LogP contribution in [0.15, 0.2) is 0 Å². The number of aromatic nitrogens is 2. The molecule has 3 rings (SSSR count). The second-order valence-electron chi connectivity index (χ2n) is 5.04. The van der Waals surface area contributed by atoms with Crippen LogP contribution in [0.3, 0.4) is 0 Å². The zero-order valence-corrected chi connectivity index (χ0v) is 10.5. The summed E-state index contributed by atoms with van der Waals surface area (Å²) in [5.74, 6) is 1.07. The molecule has 5 nitrogen and oxygen atoms in total. The smallest absolute Gasteiger partial charge is 0.154 e. The minimum Gasteiger partial charge on any atom is -0.325 e. The maximum Gasteiger partial charge on any atom is 0.154 e. The number of sulfone groups is 1. The van der Waals surface area contributed by atoms with Crippen molar-refractivity contribution in [1.82, 2.24) is 9.78 Å². The summed E-state index contributed by atoms with van der Waals surface area (Å²) in [5.41, 5.74) is 8.49. The first-order valence-corrected chi connectivity index (χ1v) is 7.89. The molecule has 1 fully saturated rings. The molecule has 1 aliphatic carbocycles. The Kier molecular flexibility index (Phi) is 2.52. The van der Waals surface area contributed by atoms with Gasteiger partial charge in [0.15, 0.2) is 9.84 Å². The monoisotopic (exact) mass is 255 g/mol. The van der Waals surface area contributed by atoms with Crippen LogP contribution in [-0.2, 0) is 35.1 Å². The van der Waals surface area contributed by atoms with Crippen LogP contribution in [0.1, 0.15) is 29.8 Å². The SMILES string of the molecule is NCc1c2c(nn1CC1CC1)CCS(=O)(=O)C2. The molecule has 0 unspecified atom stereocenters. The van der Waals surface area contributed by atoms with E-state index in [1.807, 2.05) is 4.68 Å². The van der Waals surface area contributed by atoms with Crippen molar-refractivity contribution in [2.75, 3.05) is 5.75 Å². The van der Waals surface area contributed by atoms with Gasteiger partial charge in [-0.1, -0.05) is 0 Å². The van der Waals surface area contributed by atoms with Crippen LogP contribution >= 0.6 is 0 Å². The molecule has 2 aliphatic rings. The van der Waals surface area contributed by atoms with Crippen LogP contribution in [0.2, 0.25) is 0 Å². The average Bonchev–Trinajstić information content (AvgIpc) is 2.99. The van der Waals surface area contributed by atoms with Crippen molar-refractivity contribution in [1.29, 1.82) is 0 Å². The van der Waals surface area contributed by atoms with Gasteiger partial charge in [-0.15, -0.1) is 0 Å². The van der Waals surface area contributed by atoms with Crippen LogP contribution in [0.4, 0.5) is 0 Å². The fourth-order valence-corrected chi connectivity index (χ4v) is 3.85. The van der Waals surface area contributed by atoms with Crippen LogP contribution in [-0.4, -0.2) is 24.0 Å². The van der Waals surface area contributed by atoms with Crippen LogP contribution in [0, 0.1) is 5.92 Å². The highest BCUT2D eigenvalue weighted by atomic mass is 32.2. The maximum atomic E-state index is 11.6. The second-order valence-corrected chi connectivity index (χ2v) is 7.23. The molecular weight excluding hydrogens is 238 g/mol. The molecule has 2 heterocycles. The highest BCUT2D eigenvalue weighted by Crippen LogP contribution is 2.32. The van der Waals surface area contributed by atoms with Crippen molar-refractivity contribution in [3.8, 4) is 0 Å². The van der Waals surface area contributed by atoms with Crippen LogP contribution < -0.4 is 5.73 Å². The quantitative estimate of drug-likeness (QED) is 0.838. The van der Waals surface area contributed by atoms with Gasteiger partial charge in [0.2, 0.25) is 0 Å². The number of hydrogen-bond donors (Lipinski definition) is 1. The summed E-state index contributed by atoms with van der Waals surface area (Å²) in [4.78, 5) is 0. The first-order valence-electron chi connectivity index (χ1n) is 6.07. The Hall–Kier alpha value is -0.880. The lowest BCUT2D eigenvalue weighted by atomic mass is 10.1. The lowest BCUT2D eigenvalue weighted by Crippen LogP contribution is -2.19. The number of nitrogens with zero attached hydrogens (tertiary/aromatic N) is 2. The van der Waals surface area contributed by atoms with Gasteiger partial charge < -0.3 is 5.73 Å². The molecule has 1 aromatic heterocycles. The Morgan fingerprint density at radius 1 is 1.41 bits per heavy atom.